The highest BCUT2D eigenvalue weighted by atomic mass is 32.1. The van der Waals surface area contributed by atoms with E-state index in [-0.39, 0.29) is 43.4 Å². The van der Waals surface area contributed by atoms with Crippen LogP contribution in [0.1, 0.15) is 36.8 Å². The zero-order chi connectivity index (χ0) is 31.2. The largest absolute Gasteiger partial charge is 0.434 e. The Morgan fingerprint density at radius 3 is 2.23 bits per heavy atom. The number of likely N-dealkylation sites (tertiary alicyclic amines) is 2. The molecule has 2 aliphatic heterocycles. The quantitative estimate of drug-likeness (QED) is 0.263. The van der Waals surface area contributed by atoms with Crippen LogP contribution in [-0.2, 0) is 17.5 Å². The lowest BCUT2D eigenvalue weighted by Crippen LogP contribution is -2.54. The SMILES string of the molecule is O=C(OC(C(F)(F)F)C(F)(F)F)N1CCC2(CCCN2Cc2ccc(C(F)(F)F)cc2Oc2nc3ccccc3s2)CC1. The fourth-order valence-electron chi connectivity index (χ4n) is 5.56. The number of aromatic nitrogens is 1. The molecule has 16 heteroatoms. The Bertz CT molecular complexity index is 1420. The standard InChI is InChI=1S/C27H24F9N3O3S/c28-25(29,30)17-7-6-16(19(14-17)41-22-37-18-4-1-2-5-20(18)43-22)15-39-11-3-8-24(39)9-12-38(13-10-24)23(40)42-21(26(31,32)33)27(34,35)36/h1-2,4-7,14,21H,3,8-13,15H2. The molecule has 1 amide bonds. The molecular weight excluding hydrogens is 617 g/mol. The summed E-state index contributed by atoms with van der Waals surface area (Å²) in [5.41, 5.74) is -0.420. The average molecular weight is 642 g/mol. The number of para-hydroxylation sites is 1. The number of carbonyl (C=O) groups is 1. The van der Waals surface area contributed by atoms with Gasteiger partial charge in [0.05, 0.1) is 15.8 Å². The summed E-state index contributed by atoms with van der Waals surface area (Å²) in [4.78, 5) is 19.4. The number of hydrogen-bond donors (Lipinski definition) is 0. The molecule has 0 aliphatic carbocycles. The molecule has 0 unspecified atom stereocenters. The Kier molecular flexibility index (Phi) is 8.22. The van der Waals surface area contributed by atoms with Crippen molar-refractivity contribution in [2.24, 2.45) is 0 Å². The van der Waals surface area contributed by atoms with E-state index < -0.39 is 41.8 Å². The molecule has 1 spiro atoms. The molecule has 0 atom stereocenters. The van der Waals surface area contributed by atoms with Crippen molar-refractivity contribution in [1.82, 2.24) is 14.8 Å². The van der Waals surface area contributed by atoms with Crippen LogP contribution in [0.15, 0.2) is 42.5 Å². The molecule has 2 saturated heterocycles. The molecular formula is C27H24F9N3O3S. The number of nitrogens with zero attached hydrogens (tertiary/aromatic N) is 3. The van der Waals surface area contributed by atoms with Gasteiger partial charge >= 0.3 is 24.6 Å². The van der Waals surface area contributed by atoms with Gasteiger partial charge in [0.2, 0.25) is 0 Å². The second kappa shape index (κ2) is 11.3. The minimum Gasteiger partial charge on any atom is -0.431 e. The maximum absolute atomic E-state index is 13.6. The van der Waals surface area contributed by atoms with Gasteiger partial charge in [-0.15, -0.1) is 0 Å². The maximum Gasteiger partial charge on any atom is 0.434 e. The smallest absolute Gasteiger partial charge is 0.431 e. The van der Waals surface area contributed by atoms with Gasteiger partial charge in [-0.1, -0.05) is 29.5 Å². The number of amides is 1. The van der Waals surface area contributed by atoms with Crippen molar-refractivity contribution >= 4 is 27.6 Å². The third-order valence-corrected chi connectivity index (χ3v) is 8.65. The topological polar surface area (TPSA) is 54.9 Å². The summed E-state index contributed by atoms with van der Waals surface area (Å²) in [6.45, 7) is 0.392. The van der Waals surface area contributed by atoms with Crippen LogP contribution in [0.3, 0.4) is 0 Å². The van der Waals surface area contributed by atoms with Crippen molar-refractivity contribution in [1.29, 1.82) is 0 Å². The molecule has 2 aromatic carbocycles. The third kappa shape index (κ3) is 6.79. The van der Waals surface area contributed by atoms with E-state index in [0.717, 1.165) is 21.7 Å². The molecule has 3 heterocycles. The third-order valence-electron chi connectivity index (χ3n) is 7.73. The fraction of sp³-hybridized carbons (Fsp3) is 0.481. The van der Waals surface area contributed by atoms with Gasteiger partial charge in [-0.25, -0.2) is 9.78 Å². The van der Waals surface area contributed by atoms with Crippen molar-refractivity contribution in [3.63, 3.8) is 0 Å². The molecule has 0 bridgehead atoms. The van der Waals surface area contributed by atoms with Crippen LogP contribution in [0.5, 0.6) is 10.9 Å². The molecule has 3 aromatic rings. The first-order valence-corrected chi connectivity index (χ1v) is 13.9. The first-order valence-electron chi connectivity index (χ1n) is 13.1. The van der Waals surface area contributed by atoms with Gasteiger partial charge < -0.3 is 14.4 Å². The van der Waals surface area contributed by atoms with Crippen LogP contribution in [0, 0.1) is 0 Å². The van der Waals surface area contributed by atoms with Crippen molar-refractivity contribution < 1.29 is 53.8 Å². The Balaban J connectivity index is 1.32. The van der Waals surface area contributed by atoms with E-state index >= 15 is 0 Å². The first kappa shape index (κ1) is 31.2. The molecule has 1 aromatic heterocycles. The Labute approximate surface area is 243 Å². The van der Waals surface area contributed by atoms with Gasteiger partial charge in [0, 0.05) is 30.7 Å². The normalized spacial score (nSPS) is 18.1. The number of rotatable bonds is 5. The highest BCUT2D eigenvalue weighted by Gasteiger charge is 2.60. The molecule has 0 N–H and O–H groups in total. The van der Waals surface area contributed by atoms with Crippen molar-refractivity contribution in [3.05, 3.63) is 53.6 Å². The van der Waals surface area contributed by atoms with Crippen LogP contribution in [0.25, 0.3) is 10.2 Å². The number of benzene rings is 2. The van der Waals surface area contributed by atoms with Crippen LogP contribution in [0.2, 0.25) is 0 Å². The Hall–Kier alpha value is -3.27. The lowest BCUT2D eigenvalue weighted by atomic mass is 9.85. The summed E-state index contributed by atoms with van der Waals surface area (Å²) in [5, 5.41) is 0.153. The highest BCUT2D eigenvalue weighted by molar-refractivity contribution is 7.20. The van der Waals surface area contributed by atoms with Crippen LogP contribution < -0.4 is 4.74 Å². The van der Waals surface area contributed by atoms with Crippen LogP contribution in [-0.4, -0.2) is 64.5 Å². The summed E-state index contributed by atoms with van der Waals surface area (Å²) in [6, 6.07) is 10.3. The van der Waals surface area contributed by atoms with Gasteiger partial charge in [-0.3, -0.25) is 4.90 Å². The van der Waals surface area contributed by atoms with Crippen LogP contribution in [0.4, 0.5) is 44.3 Å². The minimum absolute atomic E-state index is 0.0395. The van der Waals surface area contributed by atoms with Crippen LogP contribution >= 0.6 is 11.3 Å². The van der Waals surface area contributed by atoms with Gasteiger partial charge in [0.1, 0.15) is 5.75 Å². The van der Waals surface area contributed by atoms with Gasteiger partial charge in [-0.05, 0) is 56.5 Å². The summed E-state index contributed by atoms with van der Waals surface area (Å²) < 4.78 is 128. The molecule has 6 nitrogen and oxygen atoms in total. The number of halogens is 9. The molecule has 2 fully saturated rings. The van der Waals surface area contributed by atoms with E-state index in [0.29, 0.717) is 30.5 Å². The number of piperidine rings is 1. The predicted molar refractivity (Wildman–Crippen MR) is 137 cm³/mol. The molecule has 2 aliphatic rings. The zero-order valence-corrected chi connectivity index (χ0v) is 23.0. The highest BCUT2D eigenvalue weighted by Crippen LogP contribution is 2.43. The van der Waals surface area contributed by atoms with Gasteiger partial charge in [0.15, 0.2) is 0 Å². The summed E-state index contributed by atoms with van der Waals surface area (Å²) in [5.74, 6) is -0.0395. The minimum atomic E-state index is -5.82. The number of fused-ring (bicyclic) bond motifs is 1. The van der Waals surface area contributed by atoms with E-state index in [9.17, 15) is 44.3 Å². The van der Waals surface area contributed by atoms with E-state index in [1.54, 1.807) is 24.3 Å². The Morgan fingerprint density at radius 2 is 1.60 bits per heavy atom. The monoisotopic (exact) mass is 641 g/mol. The van der Waals surface area contributed by atoms with E-state index in [1.807, 2.05) is 4.90 Å². The number of ether oxygens (including phenoxy) is 2. The van der Waals surface area contributed by atoms with Crippen molar-refractivity contribution in [3.8, 4) is 10.9 Å². The predicted octanol–water partition coefficient (Wildman–Crippen LogP) is 8.17. The van der Waals surface area contributed by atoms with Gasteiger partial charge in [-0.2, -0.15) is 39.5 Å². The Morgan fingerprint density at radius 1 is 0.930 bits per heavy atom. The molecule has 0 radical (unpaired) electrons. The summed E-state index contributed by atoms with van der Waals surface area (Å²) >= 11 is 1.17. The zero-order valence-electron chi connectivity index (χ0n) is 22.2. The summed E-state index contributed by atoms with van der Waals surface area (Å²) in [7, 11) is 0. The van der Waals surface area contributed by atoms with Crippen molar-refractivity contribution in [2.75, 3.05) is 19.6 Å². The number of thiazole rings is 1. The molecule has 5 rings (SSSR count). The second-order valence-corrected chi connectivity index (χ2v) is 11.4. The number of hydrogen-bond acceptors (Lipinski definition) is 6. The fourth-order valence-corrected chi connectivity index (χ4v) is 6.39. The number of alkyl halides is 9. The summed E-state index contributed by atoms with van der Waals surface area (Å²) in [6.07, 6.45) is -20.5. The lowest BCUT2D eigenvalue weighted by molar-refractivity contribution is -0.308. The molecule has 234 valence electrons. The van der Waals surface area contributed by atoms with E-state index in [4.69, 9.17) is 4.74 Å². The van der Waals surface area contributed by atoms with Crippen molar-refractivity contribution in [2.45, 2.75) is 62.4 Å². The number of carbonyl (C=O) groups excluding carboxylic acids is 1. The molecule has 43 heavy (non-hydrogen) atoms. The van der Waals surface area contributed by atoms with E-state index in [2.05, 4.69) is 9.72 Å². The molecule has 0 saturated carbocycles. The average Bonchev–Trinajstić information content (AvgIpc) is 3.49. The van der Waals surface area contributed by atoms with Gasteiger partial charge in [0.25, 0.3) is 11.3 Å². The second-order valence-electron chi connectivity index (χ2n) is 10.5. The maximum atomic E-state index is 13.6. The lowest BCUT2D eigenvalue weighted by Gasteiger charge is -2.45. The van der Waals surface area contributed by atoms with E-state index in [1.165, 1.54) is 17.4 Å². The first-order chi connectivity index (χ1) is 20.0.